The molecular formula is C27H21N7O. The summed E-state index contributed by atoms with van der Waals surface area (Å²) in [4.78, 5) is 34.2. The lowest BCUT2D eigenvalue weighted by Gasteiger charge is -2.22. The number of pyridine rings is 2. The normalized spacial score (nSPS) is 12.1. The smallest absolute Gasteiger partial charge is 0.263 e. The predicted molar refractivity (Wildman–Crippen MR) is 136 cm³/mol. The molecule has 1 unspecified atom stereocenters. The number of fused-ring (bicyclic) bond motifs is 2. The highest BCUT2D eigenvalue weighted by Gasteiger charge is 2.20. The molecule has 4 aromatic heterocycles. The first kappa shape index (κ1) is 20.7. The molecule has 0 radical (unpaired) electrons. The molecule has 4 heterocycles. The summed E-state index contributed by atoms with van der Waals surface area (Å²) in [5.41, 5.74) is 4.64. The number of H-pyrrole nitrogens is 1. The van der Waals surface area contributed by atoms with Gasteiger partial charge in [0.1, 0.15) is 11.8 Å². The van der Waals surface area contributed by atoms with Crippen molar-refractivity contribution >= 4 is 27.8 Å². The number of aromatic amines is 1. The van der Waals surface area contributed by atoms with E-state index in [2.05, 4.69) is 36.3 Å². The van der Waals surface area contributed by atoms with Crippen molar-refractivity contribution in [2.24, 2.45) is 0 Å². The quantitative estimate of drug-likeness (QED) is 0.381. The molecule has 2 aromatic carbocycles. The second-order valence-electron chi connectivity index (χ2n) is 8.24. The summed E-state index contributed by atoms with van der Waals surface area (Å²) >= 11 is 0. The molecule has 0 aliphatic carbocycles. The van der Waals surface area contributed by atoms with E-state index in [1.54, 1.807) is 23.3 Å². The zero-order chi connectivity index (χ0) is 23.8. The molecule has 8 nitrogen and oxygen atoms in total. The van der Waals surface area contributed by atoms with Crippen molar-refractivity contribution < 1.29 is 0 Å². The number of imidazole rings is 1. The van der Waals surface area contributed by atoms with Crippen LogP contribution in [0.5, 0.6) is 0 Å². The van der Waals surface area contributed by atoms with E-state index in [4.69, 9.17) is 0 Å². The molecule has 2 N–H and O–H groups in total. The number of nitrogens with zero attached hydrogens (tertiary/aromatic N) is 5. The number of anilines is 1. The highest BCUT2D eigenvalue weighted by molar-refractivity contribution is 5.96. The standard InChI is InChI=1S/C27H21N7O/c1-17(33-26-24-25(30-15-29-24)31-16-32-26)22-14-19-6-5-9-21(18-10-12-28-13-11-18)23(19)27(35)34(22)20-7-3-2-4-8-20/h2-17H,1H3,(H2,29,30,31,32,33). The van der Waals surface area contributed by atoms with Gasteiger partial charge in [-0.25, -0.2) is 15.0 Å². The van der Waals surface area contributed by atoms with E-state index in [9.17, 15) is 4.79 Å². The van der Waals surface area contributed by atoms with Gasteiger partial charge in [0.2, 0.25) is 0 Å². The lowest BCUT2D eigenvalue weighted by atomic mass is 9.98. The third-order valence-corrected chi connectivity index (χ3v) is 6.10. The van der Waals surface area contributed by atoms with Gasteiger partial charge in [0.05, 0.1) is 17.8 Å². The topological polar surface area (TPSA) is 101 Å². The van der Waals surface area contributed by atoms with E-state index < -0.39 is 0 Å². The minimum atomic E-state index is -0.252. The van der Waals surface area contributed by atoms with Gasteiger partial charge in [-0.2, -0.15) is 0 Å². The number of aromatic nitrogens is 6. The fourth-order valence-electron chi connectivity index (χ4n) is 4.47. The first-order valence-electron chi connectivity index (χ1n) is 11.3. The molecule has 170 valence electrons. The monoisotopic (exact) mass is 459 g/mol. The van der Waals surface area contributed by atoms with Gasteiger partial charge in [-0.1, -0.05) is 36.4 Å². The van der Waals surface area contributed by atoms with E-state index in [1.165, 1.54) is 6.33 Å². The largest absolute Gasteiger partial charge is 0.360 e. The number of hydrogen-bond donors (Lipinski definition) is 2. The molecule has 0 amide bonds. The van der Waals surface area contributed by atoms with E-state index in [1.807, 2.05) is 67.6 Å². The Morgan fingerprint density at radius 2 is 1.77 bits per heavy atom. The van der Waals surface area contributed by atoms with Crippen LogP contribution in [0.25, 0.3) is 38.8 Å². The van der Waals surface area contributed by atoms with Crippen LogP contribution in [-0.4, -0.2) is 29.5 Å². The van der Waals surface area contributed by atoms with Crippen LogP contribution < -0.4 is 10.9 Å². The lowest BCUT2D eigenvalue weighted by molar-refractivity contribution is 0.774. The van der Waals surface area contributed by atoms with E-state index in [-0.39, 0.29) is 11.6 Å². The van der Waals surface area contributed by atoms with Crippen molar-refractivity contribution in [2.75, 3.05) is 5.32 Å². The van der Waals surface area contributed by atoms with Gasteiger partial charge in [-0.15, -0.1) is 0 Å². The zero-order valence-electron chi connectivity index (χ0n) is 18.9. The Morgan fingerprint density at radius 3 is 2.60 bits per heavy atom. The maximum absolute atomic E-state index is 14.1. The Kier molecular flexibility index (Phi) is 5.03. The number of para-hydroxylation sites is 1. The Balaban J connectivity index is 1.58. The van der Waals surface area contributed by atoms with Crippen LogP contribution in [0.2, 0.25) is 0 Å². The average Bonchev–Trinajstić information content (AvgIpc) is 3.39. The fourth-order valence-corrected chi connectivity index (χ4v) is 4.47. The molecule has 0 bridgehead atoms. The molecule has 1 atom stereocenters. The van der Waals surface area contributed by atoms with Gasteiger partial charge in [-0.3, -0.25) is 14.3 Å². The van der Waals surface area contributed by atoms with Gasteiger partial charge < -0.3 is 10.3 Å². The molecule has 35 heavy (non-hydrogen) atoms. The molecule has 0 saturated heterocycles. The summed E-state index contributed by atoms with van der Waals surface area (Å²) in [5.74, 6) is 0.623. The second kappa shape index (κ2) is 8.49. The van der Waals surface area contributed by atoms with Crippen molar-refractivity contribution in [2.45, 2.75) is 13.0 Å². The van der Waals surface area contributed by atoms with E-state index in [0.29, 0.717) is 22.4 Å². The van der Waals surface area contributed by atoms with Crippen LogP contribution in [0.1, 0.15) is 18.7 Å². The molecular weight excluding hydrogens is 438 g/mol. The summed E-state index contributed by atoms with van der Waals surface area (Å²) in [6, 6.07) is 21.3. The summed E-state index contributed by atoms with van der Waals surface area (Å²) in [7, 11) is 0. The van der Waals surface area contributed by atoms with Gasteiger partial charge in [0.25, 0.3) is 5.56 Å². The van der Waals surface area contributed by atoms with Crippen LogP contribution in [0.15, 0.2) is 96.6 Å². The molecule has 0 aliphatic heterocycles. The average molecular weight is 460 g/mol. The molecule has 6 aromatic rings. The number of rotatable bonds is 5. The summed E-state index contributed by atoms with van der Waals surface area (Å²) in [5, 5.41) is 4.98. The Hall–Kier alpha value is -4.85. The van der Waals surface area contributed by atoms with Crippen LogP contribution >= 0.6 is 0 Å². The summed E-state index contributed by atoms with van der Waals surface area (Å²) in [6.07, 6.45) is 6.54. The third kappa shape index (κ3) is 3.61. The number of hydrogen-bond acceptors (Lipinski definition) is 6. The maximum atomic E-state index is 14.1. The second-order valence-corrected chi connectivity index (χ2v) is 8.24. The number of nitrogens with one attached hydrogen (secondary N) is 2. The molecule has 0 fully saturated rings. The zero-order valence-corrected chi connectivity index (χ0v) is 18.9. The molecule has 6 rings (SSSR count). The van der Waals surface area contributed by atoms with E-state index >= 15 is 0 Å². The van der Waals surface area contributed by atoms with Crippen molar-refractivity contribution in [3.05, 3.63) is 108 Å². The van der Waals surface area contributed by atoms with Gasteiger partial charge in [0.15, 0.2) is 11.5 Å². The molecule has 8 heteroatoms. The van der Waals surface area contributed by atoms with Crippen molar-refractivity contribution in [1.29, 1.82) is 0 Å². The number of benzene rings is 2. The van der Waals surface area contributed by atoms with Crippen molar-refractivity contribution in [1.82, 2.24) is 29.5 Å². The van der Waals surface area contributed by atoms with Crippen LogP contribution in [0.4, 0.5) is 5.82 Å². The Bertz CT molecular complexity index is 1710. The van der Waals surface area contributed by atoms with Gasteiger partial charge in [-0.05, 0) is 53.8 Å². The maximum Gasteiger partial charge on any atom is 0.263 e. The van der Waals surface area contributed by atoms with Crippen LogP contribution in [0, 0.1) is 0 Å². The summed E-state index contributed by atoms with van der Waals surface area (Å²) in [6.45, 7) is 2.01. The molecule has 0 aliphatic rings. The Morgan fingerprint density at radius 1 is 0.943 bits per heavy atom. The first-order valence-corrected chi connectivity index (χ1v) is 11.3. The molecule has 0 saturated carbocycles. The minimum Gasteiger partial charge on any atom is -0.360 e. The third-order valence-electron chi connectivity index (χ3n) is 6.10. The van der Waals surface area contributed by atoms with Gasteiger partial charge >= 0.3 is 0 Å². The van der Waals surface area contributed by atoms with E-state index in [0.717, 1.165) is 27.9 Å². The lowest BCUT2D eigenvalue weighted by Crippen LogP contribution is -2.26. The summed E-state index contributed by atoms with van der Waals surface area (Å²) < 4.78 is 1.77. The predicted octanol–water partition coefficient (Wildman–Crippen LogP) is 4.89. The SMILES string of the molecule is CC(Nc1ncnc2nc[nH]c12)c1cc2cccc(-c3ccncc3)c2c(=O)n1-c1ccccc1. The van der Waals surface area contributed by atoms with Crippen LogP contribution in [-0.2, 0) is 0 Å². The highest BCUT2D eigenvalue weighted by atomic mass is 16.1. The Labute approximate surface area is 200 Å². The first-order chi connectivity index (χ1) is 17.2. The highest BCUT2D eigenvalue weighted by Crippen LogP contribution is 2.30. The van der Waals surface area contributed by atoms with Crippen molar-refractivity contribution in [3.63, 3.8) is 0 Å². The fraction of sp³-hybridized carbons (Fsp3) is 0.0741. The minimum absolute atomic E-state index is 0.0841. The van der Waals surface area contributed by atoms with Gasteiger partial charge in [0, 0.05) is 23.8 Å². The molecule has 0 spiro atoms. The van der Waals surface area contributed by atoms with Crippen LogP contribution in [0.3, 0.4) is 0 Å². The van der Waals surface area contributed by atoms with Crippen molar-refractivity contribution in [3.8, 4) is 16.8 Å².